The van der Waals surface area contributed by atoms with Crippen LogP contribution in [0.4, 0.5) is 0 Å². The van der Waals surface area contributed by atoms with Crippen LogP contribution in [0.25, 0.3) is 6.08 Å². The summed E-state index contributed by atoms with van der Waals surface area (Å²) in [7, 11) is 0. The van der Waals surface area contributed by atoms with Crippen LogP contribution in [-0.4, -0.2) is 17.0 Å². The number of rotatable bonds is 4. The number of nitrogens with one attached hydrogen (secondary N) is 1. The van der Waals surface area contributed by atoms with E-state index in [1.807, 2.05) is 24.3 Å². The van der Waals surface area contributed by atoms with Crippen LogP contribution in [0.2, 0.25) is 5.02 Å². The number of hydrogen-bond acceptors (Lipinski definition) is 4. The monoisotopic (exact) mass is 464 g/mol. The molecule has 5 nitrogen and oxygen atoms in total. The third kappa shape index (κ3) is 5.45. The van der Waals surface area contributed by atoms with Gasteiger partial charge in [0.05, 0.1) is 9.93 Å². The van der Waals surface area contributed by atoms with Crippen molar-refractivity contribution in [1.82, 2.24) is 5.32 Å². The van der Waals surface area contributed by atoms with Gasteiger partial charge in [-0.3, -0.25) is 9.59 Å². The number of nitrogens with zero attached hydrogens (tertiary/aromatic N) is 1. The van der Waals surface area contributed by atoms with Gasteiger partial charge in [-0.2, -0.15) is 4.99 Å². The van der Waals surface area contributed by atoms with Crippen molar-refractivity contribution in [1.29, 1.82) is 0 Å². The van der Waals surface area contributed by atoms with E-state index >= 15 is 0 Å². The van der Waals surface area contributed by atoms with Gasteiger partial charge in [0, 0.05) is 11.4 Å². The average molecular weight is 466 g/mol. The highest BCUT2D eigenvalue weighted by Gasteiger charge is 2.22. The van der Waals surface area contributed by atoms with Gasteiger partial charge in [-0.1, -0.05) is 45.7 Å². The van der Waals surface area contributed by atoms with E-state index in [2.05, 4.69) is 26.2 Å². The first kappa shape index (κ1) is 19.7. The molecule has 1 N–H and O–H groups in total. The van der Waals surface area contributed by atoms with Crippen LogP contribution >= 0.6 is 39.3 Å². The van der Waals surface area contributed by atoms with Crippen LogP contribution in [0.15, 0.2) is 56.8 Å². The summed E-state index contributed by atoms with van der Waals surface area (Å²) in [4.78, 5) is 27.2. The molecule has 2 amide bonds. The summed E-state index contributed by atoms with van der Waals surface area (Å²) < 4.78 is 6.77. The van der Waals surface area contributed by atoms with Crippen molar-refractivity contribution in [2.45, 2.75) is 13.5 Å². The molecule has 1 aliphatic rings. The molecule has 0 fully saturated rings. The zero-order valence-electron chi connectivity index (χ0n) is 14.2. The van der Waals surface area contributed by atoms with E-state index < -0.39 is 5.91 Å². The Balaban J connectivity index is 1.67. The van der Waals surface area contributed by atoms with Crippen molar-refractivity contribution in [2.75, 3.05) is 0 Å². The van der Waals surface area contributed by atoms with Crippen LogP contribution in [0, 0.1) is 0 Å². The first-order valence-electron chi connectivity index (χ1n) is 7.87. The van der Waals surface area contributed by atoms with Crippen molar-refractivity contribution in [3.8, 4) is 5.75 Å². The number of thioether (sulfide) groups is 1. The normalized spacial score (nSPS) is 15.0. The Morgan fingerprint density at radius 1 is 1.30 bits per heavy atom. The van der Waals surface area contributed by atoms with Gasteiger partial charge in [-0.25, -0.2) is 0 Å². The number of carbonyl (C=O) groups is 2. The van der Waals surface area contributed by atoms with Crippen molar-refractivity contribution in [3.63, 3.8) is 0 Å². The second-order valence-corrected chi connectivity index (χ2v) is 7.97. The van der Waals surface area contributed by atoms with Gasteiger partial charge in [0.25, 0.3) is 5.91 Å². The zero-order chi connectivity index (χ0) is 19.4. The molecule has 1 heterocycles. The SMILES string of the molecule is CC(=O)NC1=NC(=O)C(=Cc2ccc(OCc3ccc(Br)cc3)c(Cl)c2)S1. The quantitative estimate of drug-likeness (QED) is 0.659. The van der Waals surface area contributed by atoms with E-state index in [0.717, 1.165) is 27.4 Å². The van der Waals surface area contributed by atoms with Crippen molar-refractivity contribution in [2.24, 2.45) is 4.99 Å². The molecule has 0 saturated carbocycles. The number of amidine groups is 1. The lowest BCUT2D eigenvalue weighted by molar-refractivity contribution is -0.117. The summed E-state index contributed by atoms with van der Waals surface area (Å²) in [6.07, 6.45) is 1.68. The molecule has 0 radical (unpaired) electrons. The number of ether oxygens (including phenoxy) is 1. The number of amides is 2. The largest absolute Gasteiger partial charge is 0.487 e. The minimum Gasteiger partial charge on any atom is -0.487 e. The van der Waals surface area contributed by atoms with Gasteiger partial charge in [0.1, 0.15) is 12.4 Å². The zero-order valence-corrected chi connectivity index (χ0v) is 17.3. The Labute approximate surface area is 174 Å². The van der Waals surface area contributed by atoms with E-state index in [4.69, 9.17) is 16.3 Å². The first-order valence-corrected chi connectivity index (χ1v) is 9.86. The Bertz CT molecular complexity index is 958. The molecule has 3 rings (SSSR count). The predicted molar refractivity (Wildman–Crippen MR) is 112 cm³/mol. The first-order chi connectivity index (χ1) is 12.9. The third-order valence-corrected chi connectivity index (χ3v) is 5.19. The smallest absolute Gasteiger partial charge is 0.286 e. The van der Waals surface area contributed by atoms with Crippen LogP contribution in [0.3, 0.4) is 0 Å². The number of carbonyl (C=O) groups excluding carboxylic acids is 2. The van der Waals surface area contributed by atoms with Gasteiger partial charge >= 0.3 is 0 Å². The molecule has 0 aromatic heterocycles. The van der Waals surface area contributed by atoms with Crippen LogP contribution in [-0.2, 0) is 16.2 Å². The molecule has 2 aromatic carbocycles. The Morgan fingerprint density at radius 2 is 2.04 bits per heavy atom. The van der Waals surface area contributed by atoms with Gasteiger partial charge in [0.2, 0.25) is 5.91 Å². The van der Waals surface area contributed by atoms with Crippen LogP contribution < -0.4 is 10.1 Å². The fourth-order valence-corrected chi connectivity index (χ4v) is 3.60. The van der Waals surface area contributed by atoms with E-state index in [-0.39, 0.29) is 11.1 Å². The highest BCUT2D eigenvalue weighted by molar-refractivity contribution is 9.10. The second kappa shape index (κ2) is 8.73. The average Bonchev–Trinajstić information content (AvgIpc) is 2.94. The summed E-state index contributed by atoms with van der Waals surface area (Å²) in [6, 6.07) is 13.1. The molecule has 0 spiro atoms. The van der Waals surface area contributed by atoms with E-state index in [0.29, 0.717) is 22.3 Å². The summed E-state index contributed by atoms with van der Waals surface area (Å²) in [5.41, 5.74) is 1.77. The summed E-state index contributed by atoms with van der Waals surface area (Å²) in [5.74, 6) is -0.108. The lowest BCUT2D eigenvalue weighted by Gasteiger charge is -2.09. The molecule has 0 unspecified atom stereocenters. The third-order valence-electron chi connectivity index (χ3n) is 3.46. The number of halogens is 2. The maximum absolute atomic E-state index is 11.9. The lowest BCUT2D eigenvalue weighted by atomic mass is 10.2. The predicted octanol–water partition coefficient (Wildman–Crippen LogP) is 4.79. The maximum Gasteiger partial charge on any atom is 0.286 e. The fourth-order valence-electron chi connectivity index (χ4n) is 2.23. The molecule has 0 atom stereocenters. The van der Waals surface area contributed by atoms with Crippen molar-refractivity contribution >= 4 is 62.4 Å². The summed E-state index contributed by atoms with van der Waals surface area (Å²) >= 11 is 10.8. The van der Waals surface area contributed by atoms with Crippen molar-refractivity contribution in [3.05, 3.63) is 68.0 Å². The highest BCUT2D eigenvalue weighted by Crippen LogP contribution is 2.31. The van der Waals surface area contributed by atoms with E-state index in [1.54, 1.807) is 24.3 Å². The highest BCUT2D eigenvalue weighted by atomic mass is 79.9. The summed E-state index contributed by atoms with van der Waals surface area (Å²) in [6.45, 7) is 1.76. The van der Waals surface area contributed by atoms with E-state index in [1.165, 1.54) is 6.92 Å². The van der Waals surface area contributed by atoms with Gasteiger partial charge in [-0.15, -0.1) is 0 Å². The summed E-state index contributed by atoms with van der Waals surface area (Å²) in [5, 5.41) is 3.23. The Hall–Kier alpha value is -2.09. The van der Waals surface area contributed by atoms with Crippen LogP contribution in [0.1, 0.15) is 18.1 Å². The van der Waals surface area contributed by atoms with E-state index in [9.17, 15) is 9.59 Å². The lowest BCUT2D eigenvalue weighted by Crippen LogP contribution is -2.23. The van der Waals surface area contributed by atoms with Crippen molar-refractivity contribution < 1.29 is 14.3 Å². The molecule has 8 heteroatoms. The van der Waals surface area contributed by atoms with Gasteiger partial charge in [-0.05, 0) is 53.2 Å². The molecule has 2 aromatic rings. The van der Waals surface area contributed by atoms with Crippen LogP contribution in [0.5, 0.6) is 5.75 Å². The Morgan fingerprint density at radius 3 is 2.70 bits per heavy atom. The molecule has 27 heavy (non-hydrogen) atoms. The molecular weight excluding hydrogens is 452 g/mol. The topological polar surface area (TPSA) is 67.8 Å². The standard InChI is InChI=1S/C19H14BrClN2O3S/c1-11(24)22-19-23-18(25)17(27-19)9-13-4-7-16(15(21)8-13)26-10-12-2-5-14(20)6-3-12/h2-9H,10H2,1H3,(H,22,23,24,25). The molecule has 0 aliphatic carbocycles. The number of aliphatic imine (C=N–C) groups is 1. The molecule has 0 bridgehead atoms. The minimum absolute atomic E-state index is 0.273. The Kier molecular flexibility index (Phi) is 6.36. The molecule has 1 aliphatic heterocycles. The number of benzene rings is 2. The maximum atomic E-state index is 11.9. The van der Waals surface area contributed by atoms with Gasteiger partial charge in [0.15, 0.2) is 5.17 Å². The molecule has 138 valence electrons. The molecular formula is C19H14BrClN2O3S. The molecule has 0 saturated heterocycles. The minimum atomic E-state index is -0.393. The fraction of sp³-hybridized carbons (Fsp3) is 0.105. The van der Waals surface area contributed by atoms with Gasteiger partial charge < -0.3 is 10.1 Å². The number of hydrogen-bond donors (Lipinski definition) is 1. The second-order valence-electron chi connectivity index (χ2n) is 5.62.